The van der Waals surface area contributed by atoms with Crippen LogP contribution in [0.25, 0.3) is 0 Å². The summed E-state index contributed by atoms with van der Waals surface area (Å²) >= 11 is 0. The third kappa shape index (κ3) is 4.15. The van der Waals surface area contributed by atoms with Crippen LogP contribution in [0.15, 0.2) is 24.3 Å². The van der Waals surface area contributed by atoms with Gasteiger partial charge in [0.15, 0.2) is 6.61 Å². The number of amides is 1. The topological polar surface area (TPSA) is 64.3 Å². The molecule has 1 amide bonds. The number of rotatable bonds is 5. The smallest absolute Gasteiger partial charge is 0.255 e. The maximum atomic E-state index is 10.7. The van der Waals surface area contributed by atoms with Gasteiger partial charge in [-0.25, -0.2) is 0 Å². The van der Waals surface area contributed by atoms with Crippen LogP contribution in [0, 0.1) is 11.8 Å². The highest BCUT2D eigenvalue weighted by Gasteiger charge is 2.25. The Kier molecular flexibility index (Phi) is 4.88. The van der Waals surface area contributed by atoms with Gasteiger partial charge in [-0.2, -0.15) is 0 Å². The Morgan fingerprint density at radius 3 is 2.65 bits per heavy atom. The molecular formula is C16H24N2O2. The lowest BCUT2D eigenvalue weighted by Gasteiger charge is -2.34. The van der Waals surface area contributed by atoms with Crippen molar-refractivity contribution in [1.82, 2.24) is 0 Å². The van der Waals surface area contributed by atoms with Crippen LogP contribution in [0.5, 0.6) is 5.75 Å². The summed E-state index contributed by atoms with van der Waals surface area (Å²) in [6, 6.07) is 8.24. The van der Waals surface area contributed by atoms with Crippen molar-refractivity contribution >= 4 is 11.6 Å². The number of primary amides is 1. The lowest BCUT2D eigenvalue weighted by Crippen LogP contribution is -2.33. The molecule has 4 nitrogen and oxygen atoms in total. The van der Waals surface area contributed by atoms with Crippen molar-refractivity contribution in [3.05, 3.63) is 24.3 Å². The fourth-order valence-corrected chi connectivity index (χ4v) is 2.75. The van der Waals surface area contributed by atoms with Gasteiger partial charge in [-0.3, -0.25) is 4.79 Å². The SMILES string of the molecule is CC1CCC(C)C(Nc2ccc(OCC(N)=O)cc2)C1. The van der Waals surface area contributed by atoms with Gasteiger partial charge >= 0.3 is 0 Å². The molecule has 0 heterocycles. The molecule has 1 aromatic carbocycles. The largest absolute Gasteiger partial charge is 0.484 e. The molecule has 1 saturated carbocycles. The molecule has 3 unspecified atom stereocenters. The zero-order valence-corrected chi connectivity index (χ0v) is 12.3. The van der Waals surface area contributed by atoms with E-state index in [1.54, 1.807) is 0 Å². The molecule has 1 aromatic rings. The van der Waals surface area contributed by atoms with E-state index in [4.69, 9.17) is 10.5 Å². The van der Waals surface area contributed by atoms with Crippen LogP contribution in [0.3, 0.4) is 0 Å². The van der Waals surface area contributed by atoms with Crippen LogP contribution < -0.4 is 15.8 Å². The third-order valence-corrected chi connectivity index (χ3v) is 4.05. The number of hydrogen-bond donors (Lipinski definition) is 2. The van der Waals surface area contributed by atoms with Crippen molar-refractivity contribution in [2.75, 3.05) is 11.9 Å². The van der Waals surface area contributed by atoms with Gasteiger partial charge in [0, 0.05) is 11.7 Å². The summed E-state index contributed by atoms with van der Waals surface area (Å²) < 4.78 is 5.25. The fraction of sp³-hybridized carbons (Fsp3) is 0.562. The Bertz CT molecular complexity index is 444. The highest BCUT2D eigenvalue weighted by atomic mass is 16.5. The van der Waals surface area contributed by atoms with E-state index in [1.165, 1.54) is 19.3 Å². The molecule has 2 rings (SSSR count). The van der Waals surface area contributed by atoms with Crippen LogP contribution in [0.4, 0.5) is 5.69 Å². The Hall–Kier alpha value is -1.71. The molecule has 0 aromatic heterocycles. The quantitative estimate of drug-likeness (QED) is 0.869. The number of carbonyl (C=O) groups is 1. The molecule has 0 radical (unpaired) electrons. The lowest BCUT2D eigenvalue weighted by atomic mass is 9.80. The molecule has 0 bridgehead atoms. The van der Waals surface area contributed by atoms with Gasteiger partial charge in [0.1, 0.15) is 5.75 Å². The summed E-state index contributed by atoms with van der Waals surface area (Å²) in [7, 11) is 0. The first-order valence-electron chi connectivity index (χ1n) is 7.32. The highest BCUT2D eigenvalue weighted by Crippen LogP contribution is 2.30. The van der Waals surface area contributed by atoms with Crippen molar-refractivity contribution in [3.8, 4) is 5.75 Å². The van der Waals surface area contributed by atoms with E-state index in [1.807, 2.05) is 24.3 Å². The number of nitrogens with one attached hydrogen (secondary N) is 1. The van der Waals surface area contributed by atoms with E-state index in [0.717, 1.165) is 11.6 Å². The molecule has 0 aliphatic heterocycles. The van der Waals surface area contributed by atoms with Gasteiger partial charge in [0.25, 0.3) is 5.91 Å². The average molecular weight is 276 g/mol. The molecule has 0 spiro atoms. The number of benzene rings is 1. The second-order valence-corrected chi connectivity index (χ2v) is 5.93. The molecule has 110 valence electrons. The predicted molar refractivity (Wildman–Crippen MR) is 80.7 cm³/mol. The summed E-state index contributed by atoms with van der Waals surface area (Å²) in [5.74, 6) is 1.70. The van der Waals surface area contributed by atoms with Gasteiger partial charge < -0.3 is 15.8 Å². The molecule has 4 heteroatoms. The van der Waals surface area contributed by atoms with Crippen LogP contribution in [0.2, 0.25) is 0 Å². The number of carbonyl (C=O) groups excluding carboxylic acids is 1. The Balaban J connectivity index is 1.91. The van der Waals surface area contributed by atoms with Crippen molar-refractivity contribution in [1.29, 1.82) is 0 Å². The van der Waals surface area contributed by atoms with Crippen molar-refractivity contribution < 1.29 is 9.53 Å². The zero-order chi connectivity index (χ0) is 14.5. The van der Waals surface area contributed by atoms with Crippen LogP contribution in [0.1, 0.15) is 33.1 Å². The van der Waals surface area contributed by atoms with Gasteiger partial charge in [-0.1, -0.05) is 20.3 Å². The first-order valence-corrected chi connectivity index (χ1v) is 7.32. The number of ether oxygens (including phenoxy) is 1. The van der Waals surface area contributed by atoms with Crippen molar-refractivity contribution in [2.45, 2.75) is 39.2 Å². The lowest BCUT2D eigenvalue weighted by molar-refractivity contribution is -0.119. The molecule has 1 aliphatic carbocycles. The highest BCUT2D eigenvalue weighted by molar-refractivity contribution is 5.75. The van der Waals surface area contributed by atoms with E-state index >= 15 is 0 Å². The van der Waals surface area contributed by atoms with Gasteiger partial charge in [-0.15, -0.1) is 0 Å². The molecule has 20 heavy (non-hydrogen) atoms. The van der Waals surface area contributed by atoms with E-state index in [0.29, 0.717) is 17.7 Å². The number of anilines is 1. The van der Waals surface area contributed by atoms with Crippen molar-refractivity contribution in [2.24, 2.45) is 17.6 Å². The van der Waals surface area contributed by atoms with E-state index in [9.17, 15) is 4.79 Å². The summed E-state index contributed by atoms with van der Waals surface area (Å²) in [6.45, 7) is 4.55. The number of hydrogen-bond acceptors (Lipinski definition) is 3. The second-order valence-electron chi connectivity index (χ2n) is 5.93. The standard InChI is InChI=1S/C16H24N2O2/c1-11-3-4-12(2)15(9-11)18-13-5-7-14(8-6-13)20-10-16(17)19/h5-8,11-12,15,18H,3-4,9-10H2,1-2H3,(H2,17,19). The summed E-state index contributed by atoms with van der Waals surface area (Å²) in [5, 5.41) is 3.61. The number of nitrogens with two attached hydrogens (primary N) is 1. The maximum absolute atomic E-state index is 10.7. The minimum Gasteiger partial charge on any atom is -0.484 e. The minimum absolute atomic E-state index is 0.0794. The van der Waals surface area contributed by atoms with Gasteiger partial charge in [0.05, 0.1) is 0 Å². The first-order chi connectivity index (χ1) is 9.54. The average Bonchev–Trinajstić information content (AvgIpc) is 2.42. The Morgan fingerprint density at radius 1 is 1.30 bits per heavy atom. The summed E-state index contributed by atoms with van der Waals surface area (Å²) in [4.78, 5) is 10.7. The predicted octanol–water partition coefficient (Wildman–Crippen LogP) is 2.79. The fourth-order valence-electron chi connectivity index (χ4n) is 2.75. The Morgan fingerprint density at radius 2 is 2.00 bits per heavy atom. The molecule has 0 saturated heterocycles. The molecule has 1 fully saturated rings. The minimum atomic E-state index is -0.461. The van der Waals surface area contributed by atoms with Gasteiger partial charge in [-0.05, 0) is 48.9 Å². The summed E-state index contributed by atoms with van der Waals surface area (Å²) in [5.41, 5.74) is 6.15. The van der Waals surface area contributed by atoms with Crippen LogP contribution in [-0.4, -0.2) is 18.6 Å². The third-order valence-electron chi connectivity index (χ3n) is 4.05. The van der Waals surface area contributed by atoms with E-state index in [-0.39, 0.29) is 6.61 Å². The normalized spacial score (nSPS) is 26.0. The molecule has 3 atom stereocenters. The maximum Gasteiger partial charge on any atom is 0.255 e. The molecule has 1 aliphatic rings. The van der Waals surface area contributed by atoms with Crippen LogP contribution >= 0.6 is 0 Å². The van der Waals surface area contributed by atoms with Crippen molar-refractivity contribution in [3.63, 3.8) is 0 Å². The zero-order valence-electron chi connectivity index (χ0n) is 12.3. The van der Waals surface area contributed by atoms with Crippen LogP contribution in [-0.2, 0) is 4.79 Å². The van der Waals surface area contributed by atoms with E-state index in [2.05, 4.69) is 19.2 Å². The summed E-state index contributed by atoms with van der Waals surface area (Å²) in [6.07, 6.45) is 3.85. The monoisotopic (exact) mass is 276 g/mol. The Labute approximate surface area is 120 Å². The van der Waals surface area contributed by atoms with E-state index < -0.39 is 5.91 Å². The second kappa shape index (κ2) is 6.64. The van der Waals surface area contributed by atoms with Gasteiger partial charge in [0.2, 0.25) is 0 Å². The molecule has 3 N–H and O–H groups in total. The first kappa shape index (κ1) is 14.7. The molecular weight excluding hydrogens is 252 g/mol.